The number of carbonyl (C=O) groups is 4. The average Bonchev–Trinajstić information content (AvgIpc) is 3.65. The Morgan fingerprint density at radius 3 is 2.31 bits per heavy atom. The Bertz CT molecular complexity index is 1570. The van der Waals surface area contributed by atoms with E-state index in [-0.39, 0.29) is 63.5 Å². The molecular weight excluding hydrogens is 630 g/mol. The van der Waals surface area contributed by atoms with Crippen molar-refractivity contribution in [1.29, 1.82) is 0 Å². The minimum atomic E-state index is -1.14. The van der Waals surface area contributed by atoms with E-state index in [0.717, 1.165) is 25.7 Å². The number of piperazine rings is 1. The van der Waals surface area contributed by atoms with Gasteiger partial charge in [0.2, 0.25) is 11.8 Å². The molecule has 2 unspecified atom stereocenters. The van der Waals surface area contributed by atoms with Crippen LogP contribution in [0, 0.1) is 0 Å². The molecule has 0 radical (unpaired) electrons. The zero-order valence-corrected chi connectivity index (χ0v) is 27.9. The maximum Gasteiger partial charge on any atom is 0.409 e. The van der Waals surface area contributed by atoms with Crippen molar-refractivity contribution < 1.29 is 38.1 Å². The fraction of sp³-hybridized carbons (Fsp3) is 0.444. The Hall–Kier alpha value is -5.04. The molecule has 1 saturated heterocycles. The highest BCUT2D eigenvalue weighted by atomic mass is 16.7. The molecule has 2 fully saturated rings. The fourth-order valence-electron chi connectivity index (χ4n) is 5.87. The number of ether oxygens (including phenoxy) is 4. The predicted octanol–water partition coefficient (Wildman–Crippen LogP) is 4.05. The molecule has 3 aromatic rings. The van der Waals surface area contributed by atoms with Crippen LogP contribution >= 0.6 is 0 Å². The van der Waals surface area contributed by atoms with Gasteiger partial charge in [0.15, 0.2) is 12.1 Å². The lowest BCUT2D eigenvalue weighted by Crippen LogP contribution is -2.56. The van der Waals surface area contributed by atoms with Gasteiger partial charge < -0.3 is 34.1 Å². The van der Waals surface area contributed by atoms with E-state index < -0.39 is 24.3 Å². The molecule has 2 heterocycles. The van der Waals surface area contributed by atoms with Crippen molar-refractivity contribution in [3.63, 3.8) is 0 Å². The summed E-state index contributed by atoms with van der Waals surface area (Å²) in [5.74, 6) is 0.0288. The number of amides is 3. The second-order valence-electron chi connectivity index (χ2n) is 11.7. The Labute approximate surface area is 285 Å². The van der Waals surface area contributed by atoms with Gasteiger partial charge in [-0.05, 0) is 51.2 Å². The molecule has 0 bridgehead atoms. The second-order valence-corrected chi connectivity index (χ2v) is 11.7. The smallest absolute Gasteiger partial charge is 0.409 e. The van der Waals surface area contributed by atoms with Crippen LogP contribution < -0.4 is 14.8 Å². The summed E-state index contributed by atoms with van der Waals surface area (Å²) in [6, 6.07) is 16.7. The van der Waals surface area contributed by atoms with Crippen LogP contribution in [0.4, 0.5) is 4.79 Å². The first-order chi connectivity index (χ1) is 23.9. The summed E-state index contributed by atoms with van der Waals surface area (Å²) < 4.78 is 22.5. The lowest BCUT2D eigenvalue weighted by atomic mass is 10.0. The first-order valence-corrected chi connectivity index (χ1v) is 16.8. The molecule has 5 rings (SSSR count). The van der Waals surface area contributed by atoms with Crippen molar-refractivity contribution in [3.05, 3.63) is 71.9 Å². The van der Waals surface area contributed by atoms with Gasteiger partial charge in [0.1, 0.15) is 23.6 Å². The van der Waals surface area contributed by atoms with Crippen LogP contribution in [0.2, 0.25) is 0 Å². The SMILES string of the molecule is CCOC(=O)N1CCN(C(=O)C(Cc2ccccc2OC(C=O)OCC)NC(=O)c2cc(OC3CCCC3)nc(-c3ccccc3)n2)CC1. The molecule has 260 valence electrons. The third kappa shape index (κ3) is 9.53. The first-order valence-electron chi connectivity index (χ1n) is 16.8. The molecule has 1 aliphatic carbocycles. The number of nitrogens with one attached hydrogen (secondary N) is 1. The number of nitrogens with zero attached hydrogens (tertiary/aromatic N) is 4. The standard InChI is InChI=1S/C36H43N5O8/c1-3-46-32(24-42)49-30-17-11-8-14-26(30)22-29(35(44)40-18-20-41(21-19-40)36(45)47-4-2)38-34(43)28-23-31(48-27-15-9-10-16-27)39-33(37-28)25-12-6-5-7-13-25/h5-8,11-14,17,23-24,27,29,32H,3-4,9-10,15-16,18-22H2,1-2H3,(H,38,43). The van der Waals surface area contributed by atoms with E-state index >= 15 is 0 Å². The molecule has 2 atom stereocenters. The minimum absolute atomic E-state index is 0.000386. The van der Waals surface area contributed by atoms with Gasteiger partial charge in [-0.25, -0.2) is 9.78 Å². The molecule has 2 aromatic carbocycles. The number of benzene rings is 2. The van der Waals surface area contributed by atoms with Crippen LogP contribution in [0.5, 0.6) is 11.6 Å². The summed E-state index contributed by atoms with van der Waals surface area (Å²) in [6.07, 6.45) is 2.96. The van der Waals surface area contributed by atoms with E-state index in [1.807, 2.05) is 30.3 Å². The Morgan fingerprint density at radius 2 is 1.61 bits per heavy atom. The highest BCUT2D eigenvalue weighted by molar-refractivity contribution is 5.97. The van der Waals surface area contributed by atoms with Crippen molar-refractivity contribution in [2.75, 3.05) is 39.4 Å². The molecule has 0 spiro atoms. The number of rotatable bonds is 14. The number of carbonyl (C=O) groups excluding carboxylic acids is 4. The minimum Gasteiger partial charge on any atom is -0.474 e. The van der Waals surface area contributed by atoms with Gasteiger partial charge in [0.25, 0.3) is 12.2 Å². The van der Waals surface area contributed by atoms with Crippen LogP contribution in [0.15, 0.2) is 60.7 Å². The molecule has 13 nitrogen and oxygen atoms in total. The van der Waals surface area contributed by atoms with Crippen LogP contribution in [-0.4, -0.2) is 102 Å². The monoisotopic (exact) mass is 673 g/mol. The van der Waals surface area contributed by atoms with Gasteiger partial charge in [0.05, 0.1) is 6.61 Å². The topological polar surface area (TPSA) is 149 Å². The van der Waals surface area contributed by atoms with E-state index in [0.29, 0.717) is 34.9 Å². The third-order valence-electron chi connectivity index (χ3n) is 8.36. The van der Waals surface area contributed by atoms with Crippen LogP contribution in [0.25, 0.3) is 11.4 Å². The largest absolute Gasteiger partial charge is 0.474 e. The summed E-state index contributed by atoms with van der Waals surface area (Å²) in [6.45, 7) is 5.08. The summed E-state index contributed by atoms with van der Waals surface area (Å²) in [4.78, 5) is 64.4. The Balaban J connectivity index is 1.43. The molecule has 1 saturated carbocycles. The number of hydrogen-bond donors (Lipinski definition) is 1. The third-order valence-corrected chi connectivity index (χ3v) is 8.36. The summed E-state index contributed by atoms with van der Waals surface area (Å²) in [7, 11) is 0. The van der Waals surface area contributed by atoms with Gasteiger partial charge >= 0.3 is 6.09 Å². The van der Waals surface area contributed by atoms with Crippen LogP contribution in [0.3, 0.4) is 0 Å². The maximum absolute atomic E-state index is 14.1. The molecule has 2 aliphatic rings. The molecule has 13 heteroatoms. The average molecular weight is 674 g/mol. The zero-order valence-electron chi connectivity index (χ0n) is 27.9. The van der Waals surface area contributed by atoms with Crippen molar-refractivity contribution in [2.45, 2.75) is 64.4 Å². The molecule has 3 amide bonds. The summed E-state index contributed by atoms with van der Waals surface area (Å²) in [5, 5.41) is 2.91. The van der Waals surface area contributed by atoms with Crippen molar-refractivity contribution in [2.24, 2.45) is 0 Å². The quantitative estimate of drug-likeness (QED) is 0.196. The number of hydrogen-bond acceptors (Lipinski definition) is 10. The predicted molar refractivity (Wildman–Crippen MR) is 179 cm³/mol. The maximum atomic E-state index is 14.1. The second kappa shape index (κ2) is 17.4. The normalized spacial score (nSPS) is 16.0. The van der Waals surface area contributed by atoms with Crippen molar-refractivity contribution in [1.82, 2.24) is 25.1 Å². The molecular formula is C36H43N5O8. The van der Waals surface area contributed by atoms with Gasteiger partial charge in [-0.15, -0.1) is 0 Å². The van der Waals surface area contributed by atoms with E-state index in [1.165, 1.54) is 6.07 Å². The Morgan fingerprint density at radius 1 is 0.918 bits per heavy atom. The summed E-state index contributed by atoms with van der Waals surface area (Å²) >= 11 is 0. The van der Waals surface area contributed by atoms with Gasteiger partial charge in [-0.3, -0.25) is 14.4 Å². The van der Waals surface area contributed by atoms with E-state index in [2.05, 4.69) is 15.3 Å². The van der Waals surface area contributed by atoms with Crippen LogP contribution in [0.1, 0.15) is 55.6 Å². The molecule has 1 aromatic heterocycles. The number of aldehydes is 1. The zero-order chi connectivity index (χ0) is 34.6. The Kier molecular flexibility index (Phi) is 12.5. The van der Waals surface area contributed by atoms with Crippen LogP contribution in [-0.2, 0) is 25.5 Å². The van der Waals surface area contributed by atoms with E-state index in [1.54, 1.807) is 47.9 Å². The molecule has 49 heavy (non-hydrogen) atoms. The van der Waals surface area contributed by atoms with Gasteiger partial charge in [-0.2, -0.15) is 4.98 Å². The van der Waals surface area contributed by atoms with Crippen molar-refractivity contribution in [3.8, 4) is 23.0 Å². The molecule has 1 aliphatic heterocycles. The van der Waals surface area contributed by atoms with Gasteiger partial charge in [0, 0.05) is 50.8 Å². The molecule has 1 N–H and O–H groups in total. The lowest BCUT2D eigenvalue weighted by Gasteiger charge is -2.36. The lowest BCUT2D eigenvalue weighted by molar-refractivity contribution is -0.136. The first kappa shape index (κ1) is 35.3. The van der Waals surface area contributed by atoms with E-state index in [4.69, 9.17) is 18.9 Å². The highest BCUT2D eigenvalue weighted by Gasteiger charge is 2.32. The van der Waals surface area contributed by atoms with Gasteiger partial charge in [-0.1, -0.05) is 48.5 Å². The fourth-order valence-corrected chi connectivity index (χ4v) is 5.87. The number of para-hydroxylation sites is 1. The van der Waals surface area contributed by atoms with E-state index in [9.17, 15) is 19.2 Å². The van der Waals surface area contributed by atoms with Crippen molar-refractivity contribution >= 4 is 24.2 Å². The highest BCUT2D eigenvalue weighted by Crippen LogP contribution is 2.26. The number of aromatic nitrogens is 2. The summed E-state index contributed by atoms with van der Waals surface area (Å²) in [5.41, 5.74) is 1.34.